The topological polar surface area (TPSA) is 42.0 Å². The lowest BCUT2D eigenvalue weighted by atomic mass is 9.96. The van der Waals surface area contributed by atoms with E-state index < -0.39 is 0 Å². The van der Waals surface area contributed by atoms with E-state index >= 15 is 0 Å². The minimum atomic E-state index is -0.336. The Balaban J connectivity index is 2.45. The normalized spacial score (nSPS) is 18.1. The maximum Gasteiger partial charge on any atom is 0.246 e. The van der Waals surface area contributed by atoms with E-state index in [4.69, 9.17) is 0 Å². The predicted octanol–water partition coefficient (Wildman–Crippen LogP) is -0.0291. The van der Waals surface area contributed by atoms with Crippen LogP contribution in [-0.4, -0.2) is 27.2 Å². The van der Waals surface area contributed by atoms with Gasteiger partial charge in [-0.2, -0.15) is 0 Å². The van der Waals surface area contributed by atoms with Crippen LogP contribution in [-0.2, 0) is 23.9 Å². The van der Waals surface area contributed by atoms with Crippen LogP contribution < -0.4 is 4.68 Å². The van der Waals surface area contributed by atoms with Crippen LogP contribution in [0.15, 0.2) is 18.9 Å². The Bertz CT molecular complexity index is 447. The number of rotatable bonds is 1. The first-order chi connectivity index (χ1) is 7.46. The van der Waals surface area contributed by atoms with Crippen LogP contribution in [0.2, 0.25) is 0 Å². The highest BCUT2D eigenvalue weighted by molar-refractivity contribution is 5.87. The van der Waals surface area contributed by atoms with Crippen molar-refractivity contribution in [3.8, 4) is 0 Å². The summed E-state index contributed by atoms with van der Waals surface area (Å²) in [5.74, 6) is -0.0277. The van der Waals surface area contributed by atoms with Crippen molar-refractivity contribution in [2.75, 3.05) is 6.54 Å². The van der Waals surface area contributed by atoms with Gasteiger partial charge < -0.3 is 4.90 Å². The second-order valence-corrected chi connectivity index (χ2v) is 4.55. The average molecular weight is 221 g/mol. The minimum absolute atomic E-state index is 0.0277. The summed E-state index contributed by atoms with van der Waals surface area (Å²) in [6.07, 6.45) is 3.33. The molecule has 0 aliphatic carbocycles. The molecule has 0 aromatic carbocycles. The summed E-state index contributed by atoms with van der Waals surface area (Å²) >= 11 is 0. The number of nitrogens with zero attached hydrogens (tertiary/aromatic N) is 4. The molecule has 16 heavy (non-hydrogen) atoms. The molecule has 86 valence electrons. The van der Waals surface area contributed by atoms with Crippen molar-refractivity contribution in [2.45, 2.75) is 25.9 Å². The molecule has 2 rings (SSSR count). The number of carbonyl (C=O) groups excluding carboxylic acids is 1. The third-order valence-electron chi connectivity index (χ3n) is 3.11. The number of hydrogen-bond acceptors (Lipinski definition) is 2. The smallest absolute Gasteiger partial charge is 0.246 e. The molecule has 0 N–H and O–H groups in total. The standard InChI is InChI=1S/C11H17N4O/c1-5-10(16)14-6-7-15-9(11(14,2)3)8-13(4)12-15/h5,8H,1,6-7H2,2-4H3/q+1. The summed E-state index contributed by atoms with van der Waals surface area (Å²) in [4.78, 5) is 13.6. The van der Waals surface area contributed by atoms with Crippen LogP contribution >= 0.6 is 0 Å². The van der Waals surface area contributed by atoms with Gasteiger partial charge >= 0.3 is 0 Å². The Labute approximate surface area is 94.9 Å². The van der Waals surface area contributed by atoms with Crippen molar-refractivity contribution in [3.05, 3.63) is 24.5 Å². The summed E-state index contributed by atoms with van der Waals surface area (Å²) in [5, 5.41) is 4.34. The number of amides is 1. The fraction of sp³-hybridized carbons (Fsp3) is 0.545. The molecular formula is C11H17N4O+. The average Bonchev–Trinajstić information content (AvgIpc) is 2.59. The number of aryl methyl sites for hydroxylation is 1. The van der Waals surface area contributed by atoms with Gasteiger partial charge in [0.25, 0.3) is 0 Å². The highest BCUT2D eigenvalue weighted by Gasteiger charge is 2.42. The van der Waals surface area contributed by atoms with Crippen molar-refractivity contribution >= 4 is 5.91 Å². The monoisotopic (exact) mass is 221 g/mol. The number of fused-ring (bicyclic) bond motifs is 1. The highest BCUT2D eigenvalue weighted by Crippen LogP contribution is 2.30. The number of hydrogen-bond donors (Lipinski definition) is 0. The fourth-order valence-corrected chi connectivity index (χ4v) is 2.24. The first-order valence-corrected chi connectivity index (χ1v) is 5.35. The van der Waals surface area contributed by atoms with Crippen LogP contribution in [0.3, 0.4) is 0 Å². The number of aromatic nitrogens is 3. The first-order valence-electron chi connectivity index (χ1n) is 5.35. The maximum atomic E-state index is 11.8. The van der Waals surface area contributed by atoms with Gasteiger partial charge in [-0.05, 0) is 19.9 Å². The Morgan fingerprint density at radius 1 is 1.62 bits per heavy atom. The fourth-order valence-electron chi connectivity index (χ4n) is 2.24. The van der Waals surface area contributed by atoms with Gasteiger partial charge in [-0.1, -0.05) is 6.58 Å². The van der Waals surface area contributed by atoms with E-state index in [-0.39, 0.29) is 11.4 Å². The molecule has 1 aliphatic rings. The molecule has 0 atom stereocenters. The van der Waals surface area contributed by atoms with Crippen LogP contribution in [0.5, 0.6) is 0 Å². The quantitative estimate of drug-likeness (QED) is 0.494. The molecule has 0 fully saturated rings. The van der Waals surface area contributed by atoms with Crippen LogP contribution in [0.25, 0.3) is 0 Å². The lowest BCUT2D eigenvalue weighted by Gasteiger charge is -2.38. The molecule has 5 heteroatoms. The van der Waals surface area contributed by atoms with Gasteiger partial charge in [-0.25, -0.2) is 0 Å². The van der Waals surface area contributed by atoms with Crippen LogP contribution in [0, 0.1) is 0 Å². The van der Waals surface area contributed by atoms with Crippen LogP contribution in [0.4, 0.5) is 0 Å². The minimum Gasteiger partial charge on any atom is -0.322 e. The van der Waals surface area contributed by atoms with Crippen LogP contribution in [0.1, 0.15) is 19.5 Å². The van der Waals surface area contributed by atoms with Gasteiger partial charge in [-0.15, -0.1) is 9.36 Å². The van der Waals surface area contributed by atoms with Gasteiger partial charge in [0.15, 0.2) is 11.9 Å². The molecule has 0 saturated carbocycles. The van der Waals surface area contributed by atoms with Crippen molar-refractivity contribution in [2.24, 2.45) is 7.05 Å². The molecule has 1 aromatic rings. The lowest BCUT2D eigenvalue weighted by Crippen LogP contribution is -2.51. The largest absolute Gasteiger partial charge is 0.322 e. The van der Waals surface area contributed by atoms with E-state index in [0.29, 0.717) is 6.54 Å². The van der Waals surface area contributed by atoms with E-state index in [2.05, 4.69) is 11.8 Å². The van der Waals surface area contributed by atoms with Gasteiger partial charge in [0, 0.05) is 0 Å². The molecule has 0 radical (unpaired) electrons. The maximum absolute atomic E-state index is 11.8. The Morgan fingerprint density at radius 3 is 2.94 bits per heavy atom. The third-order valence-corrected chi connectivity index (χ3v) is 3.11. The van der Waals surface area contributed by atoms with E-state index in [0.717, 1.165) is 12.2 Å². The van der Waals surface area contributed by atoms with E-state index in [1.165, 1.54) is 6.08 Å². The molecule has 1 amide bonds. The van der Waals surface area contributed by atoms with Crippen molar-refractivity contribution in [1.82, 2.24) is 14.8 Å². The summed E-state index contributed by atoms with van der Waals surface area (Å²) in [6, 6.07) is 0. The zero-order valence-corrected chi connectivity index (χ0v) is 9.97. The Kier molecular flexibility index (Phi) is 2.33. The van der Waals surface area contributed by atoms with E-state index in [9.17, 15) is 4.79 Å². The third kappa shape index (κ3) is 1.43. The van der Waals surface area contributed by atoms with Gasteiger partial charge in [0.2, 0.25) is 5.91 Å². The Morgan fingerprint density at radius 2 is 2.31 bits per heavy atom. The molecule has 1 aliphatic heterocycles. The van der Waals surface area contributed by atoms with E-state index in [1.807, 2.05) is 36.7 Å². The van der Waals surface area contributed by atoms with E-state index in [1.54, 1.807) is 4.68 Å². The van der Waals surface area contributed by atoms with Gasteiger partial charge in [0.1, 0.15) is 19.1 Å². The predicted molar refractivity (Wildman–Crippen MR) is 58.3 cm³/mol. The Hall–Kier alpha value is -1.65. The summed E-state index contributed by atoms with van der Waals surface area (Å²) in [5.41, 5.74) is 0.717. The second-order valence-electron chi connectivity index (χ2n) is 4.55. The molecule has 0 spiro atoms. The molecule has 5 nitrogen and oxygen atoms in total. The molecule has 0 unspecified atom stereocenters. The number of carbonyl (C=O) groups is 1. The highest BCUT2D eigenvalue weighted by atomic mass is 16.2. The molecule has 0 saturated heterocycles. The summed E-state index contributed by atoms with van der Waals surface area (Å²) < 4.78 is 3.73. The molecular weight excluding hydrogens is 204 g/mol. The van der Waals surface area contributed by atoms with Gasteiger partial charge in [0.05, 0.1) is 11.8 Å². The summed E-state index contributed by atoms with van der Waals surface area (Å²) in [6.45, 7) is 9.01. The SMILES string of the molecule is C=CC(=O)N1CCn2n[n+](C)cc2C1(C)C. The lowest BCUT2D eigenvalue weighted by molar-refractivity contribution is -0.732. The summed E-state index contributed by atoms with van der Waals surface area (Å²) in [7, 11) is 1.89. The van der Waals surface area contributed by atoms with Crippen molar-refractivity contribution in [3.63, 3.8) is 0 Å². The first kappa shape index (κ1) is 10.9. The van der Waals surface area contributed by atoms with Crippen molar-refractivity contribution in [1.29, 1.82) is 0 Å². The molecule has 0 bridgehead atoms. The zero-order valence-electron chi connectivity index (χ0n) is 9.97. The zero-order chi connectivity index (χ0) is 11.9. The molecule has 1 aromatic heterocycles. The second kappa shape index (κ2) is 3.43. The van der Waals surface area contributed by atoms with Gasteiger partial charge in [-0.3, -0.25) is 4.79 Å². The van der Waals surface area contributed by atoms with Crippen molar-refractivity contribution < 1.29 is 9.48 Å². The molecule has 2 heterocycles.